The van der Waals surface area contributed by atoms with E-state index < -0.39 is 11.0 Å². The number of nitro groups is 1. The molecule has 1 amide bonds. The van der Waals surface area contributed by atoms with E-state index in [2.05, 4.69) is 10.6 Å². The van der Waals surface area contributed by atoms with Gasteiger partial charge in [0, 0.05) is 25.2 Å². The van der Waals surface area contributed by atoms with E-state index in [1.165, 1.54) is 12.1 Å². The van der Waals surface area contributed by atoms with Crippen molar-refractivity contribution in [1.29, 1.82) is 0 Å². The normalized spacial score (nSPS) is 21.1. The zero-order valence-corrected chi connectivity index (χ0v) is 11.4. The highest BCUT2D eigenvalue weighted by molar-refractivity contribution is 5.85. The van der Waals surface area contributed by atoms with Crippen LogP contribution in [-0.2, 0) is 11.3 Å². The van der Waals surface area contributed by atoms with Crippen LogP contribution in [0.3, 0.4) is 0 Å². The summed E-state index contributed by atoms with van der Waals surface area (Å²) >= 11 is 0. The number of non-ortho nitro benzene ring substituents is 1. The van der Waals surface area contributed by atoms with Crippen LogP contribution in [0.15, 0.2) is 24.3 Å². The van der Waals surface area contributed by atoms with Gasteiger partial charge >= 0.3 is 0 Å². The molecule has 0 aliphatic carbocycles. The molecular weight excluding hydrogens is 286 g/mol. The molecule has 2 atom stereocenters. The molecule has 2 unspecified atom stereocenters. The van der Waals surface area contributed by atoms with Crippen LogP contribution in [0.5, 0.6) is 0 Å². The summed E-state index contributed by atoms with van der Waals surface area (Å²) in [7, 11) is 0. The van der Waals surface area contributed by atoms with Crippen molar-refractivity contribution in [3.05, 3.63) is 39.9 Å². The van der Waals surface area contributed by atoms with E-state index in [1.807, 2.05) is 0 Å². The van der Waals surface area contributed by atoms with Crippen LogP contribution >= 0.6 is 12.4 Å². The van der Waals surface area contributed by atoms with Crippen LogP contribution in [0.25, 0.3) is 0 Å². The molecule has 1 fully saturated rings. The lowest BCUT2D eigenvalue weighted by atomic mass is 10.1. The molecule has 2 rings (SSSR count). The van der Waals surface area contributed by atoms with Crippen LogP contribution in [0.2, 0.25) is 0 Å². The number of carbonyl (C=O) groups is 1. The van der Waals surface area contributed by atoms with Gasteiger partial charge in [0.2, 0.25) is 5.91 Å². The number of benzene rings is 1. The Morgan fingerprint density at radius 3 is 2.60 bits per heavy atom. The number of nitrogens with one attached hydrogen (secondary N) is 2. The number of nitro benzene ring substituents is 1. The summed E-state index contributed by atoms with van der Waals surface area (Å²) in [6, 6.07) is 5.65. The van der Waals surface area contributed by atoms with Crippen LogP contribution in [0.1, 0.15) is 12.0 Å². The highest BCUT2D eigenvalue weighted by Gasteiger charge is 2.27. The van der Waals surface area contributed by atoms with Gasteiger partial charge in [0.15, 0.2) is 0 Å². The van der Waals surface area contributed by atoms with Crippen molar-refractivity contribution in [2.75, 3.05) is 6.54 Å². The van der Waals surface area contributed by atoms with Crippen molar-refractivity contribution in [2.24, 2.45) is 0 Å². The van der Waals surface area contributed by atoms with Crippen molar-refractivity contribution < 1.29 is 14.8 Å². The van der Waals surface area contributed by atoms with Crippen molar-refractivity contribution in [1.82, 2.24) is 10.6 Å². The Bertz CT molecular complexity index is 480. The highest BCUT2D eigenvalue weighted by atomic mass is 35.5. The summed E-state index contributed by atoms with van der Waals surface area (Å²) in [6.07, 6.45) is -0.0679. The fourth-order valence-electron chi connectivity index (χ4n) is 1.96. The Hall–Kier alpha value is -1.70. The number of amides is 1. The topological polar surface area (TPSA) is 104 Å². The minimum Gasteiger partial charge on any atom is -0.392 e. The number of rotatable bonds is 4. The minimum absolute atomic E-state index is 0. The van der Waals surface area contributed by atoms with Crippen LogP contribution in [0.4, 0.5) is 5.69 Å². The maximum atomic E-state index is 11.7. The zero-order chi connectivity index (χ0) is 13.8. The number of aliphatic hydroxyl groups is 1. The summed E-state index contributed by atoms with van der Waals surface area (Å²) in [5, 5.41) is 25.4. The Labute approximate surface area is 121 Å². The van der Waals surface area contributed by atoms with Gasteiger partial charge in [0.25, 0.3) is 5.69 Å². The molecule has 7 nitrogen and oxygen atoms in total. The van der Waals surface area contributed by atoms with Crippen LogP contribution in [0, 0.1) is 10.1 Å². The Morgan fingerprint density at radius 2 is 2.10 bits per heavy atom. The molecule has 0 saturated carbocycles. The van der Waals surface area contributed by atoms with Crippen molar-refractivity contribution >= 4 is 24.0 Å². The van der Waals surface area contributed by atoms with Gasteiger partial charge in [-0.1, -0.05) is 12.1 Å². The molecule has 8 heteroatoms. The number of hydrogen-bond donors (Lipinski definition) is 3. The number of hydrogen-bond acceptors (Lipinski definition) is 5. The van der Waals surface area contributed by atoms with E-state index in [-0.39, 0.29) is 30.0 Å². The second kappa shape index (κ2) is 7.18. The van der Waals surface area contributed by atoms with E-state index in [9.17, 15) is 20.0 Å². The minimum atomic E-state index is -0.477. The number of nitrogens with zero attached hydrogens (tertiary/aromatic N) is 1. The van der Waals surface area contributed by atoms with Gasteiger partial charge in [-0.05, 0) is 12.0 Å². The second-order valence-electron chi connectivity index (χ2n) is 4.49. The van der Waals surface area contributed by atoms with E-state index in [0.29, 0.717) is 19.5 Å². The van der Waals surface area contributed by atoms with E-state index in [0.717, 1.165) is 5.56 Å². The lowest BCUT2D eigenvalue weighted by molar-refractivity contribution is -0.384. The molecule has 0 bridgehead atoms. The molecular formula is C12H16ClN3O4. The smallest absolute Gasteiger partial charge is 0.269 e. The summed E-state index contributed by atoms with van der Waals surface area (Å²) in [5.74, 6) is -0.171. The molecule has 1 aromatic carbocycles. The number of β-amino-alcohol motifs (C(OH)–C–C–N with tert-alkyl or cyclic N) is 1. The predicted octanol–water partition coefficient (Wildman–Crippen LogP) is 0.356. The van der Waals surface area contributed by atoms with Crippen LogP contribution in [-0.4, -0.2) is 34.6 Å². The quantitative estimate of drug-likeness (QED) is 0.550. The van der Waals surface area contributed by atoms with Gasteiger partial charge in [0.1, 0.15) is 0 Å². The van der Waals surface area contributed by atoms with Gasteiger partial charge in [-0.25, -0.2) is 0 Å². The summed E-state index contributed by atoms with van der Waals surface area (Å²) < 4.78 is 0. The number of halogens is 1. The third-order valence-corrected chi connectivity index (χ3v) is 3.04. The molecule has 1 aromatic rings. The molecule has 0 radical (unpaired) electrons. The lowest BCUT2D eigenvalue weighted by Gasteiger charge is -2.10. The number of carbonyl (C=O) groups excluding carboxylic acids is 1. The van der Waals surface area contributed by atoms with Gasteiger partial charge in [-0.15, -0.1) is 12.4 Å². The van der Waals surface area contributed by atoms with Gasteiger partial charge in [-0.2, -0.15) is 0 Å². The molecule has 0 spiro atoms. The Kier molecular flexibility index (Phi) is 5.87. The third-order valence-electron chi connectivity index (χ3n) is 3.04. The molecule has 20 heavy (non-hydrogen) atoms. The molecule has 1 saturated heterocycles. The first-order valence-electron chi connectivity index (χ1n) is 5.99. The predicted molar refractivity (Wildman–Crippen MR) is 74.6 cm³/mol. The standard InChI is InChI=1S/C12H15N3O4.ClH/c16-10-5-11(13-7-10)12(17)14-6-8-1-3-9(4-2-8)15(18)19;/h1-4,10-11,13,16H,5-7H2,(H,14,17);1H. The first kappa shape index (κ1) is 16.4. The molecule has 1 aliphatic rings. The Morgan fingerprint density at radius 1 is 1.45 bits per heavy atom. The fraction of sp³-hybridized carbons (Fsp3) is 0.417. The van der Waals surface area contributed by atoms with Crippen molar-refractivity contribution in [3.63, 3.8) is 0 Å². The average Bonchev–Trinajstić information content (AvgIpc) is 2.83. The summed E-state index contributed by atoms with van der Waals surface area (Å²) in [4.78, 5) is 21.8. The number of aliphatic hydroxyl groups excluding tert-OH is 1. The maximum Gasteiger partial charge on any atom is 0.269 e. The largest absolute Gasteiger partial charge is 0.392 e. The molecule has 1 aliphatic heterocycles. The maximum absolute atomic E-state index is 11.7. The molecule has 1 heterocycles. The average molecular weight is 302 g/mol. The fourth-order valence-corrected chi connectivity index (χ4v) is 1.96. The molecule has 0 aromatic heterocycles. The molecule has 3 N–H and O–H groups in total. The van der Waals surface area contributed by atoms with Crippen LogP contribution < -0.4 is 10.6 Å². The van der Waals surface area contributed by atoms with Gasteiger partial charge < -0.3 is 15.7 Å². The lowest BCUT2D eigenvalue weighted by Crippen LogP contribution is -2.39. The second-order valence-corrected chi connectivity index (χ2v) is 4.49. The van der Waals surface area contributed by atoms with Crippen molar-refractivity contribution in [3.8, 4) is 0 Å². The monoisotopic (exact) mass is 301 g/mol. The zero-order valence-electron chi connectivity index (χ0n) is 10.6. The van der Waals surface area contributed by atoms with E-state index >= 15 is 0 Å². The van der Waals surface area contributed by atoms with E-state index in [4.69, 9.17) is 0 Å². The highest BCUT2D eigenvalue weighted by Crippen LogP contribution is 2.12. The first-order chi connectivity index (χ1) is 9.06. The SMILES string of the molecule is Cl.O=C(NCc1ccc([N+](=O)[O-])cc1)C1CC(O)CN1. The summed E-state index contributed by atoms with van der Waals surface area (Å²) in [6.45, 7) is 0.737. The summed E-state index contributed by atoms with van der Waals surface area (Å²) in [5.41, 5.74) is 0.813. The molecule has 110 valence electrons. The third kappa shape index (κ3) is 4.16. The first-order valence-corrected chi connectivity index (χ1v) is 5.99. The van der Waals surface area contributed by atoms with Crippen molar-refractivity contribution in [2.45, 2.75) is 25.1 Å². The Balaban J connectivity index is 0.00000200. The van der Waals surface area contributed by atoms with E-state index in [1.54, 1.807) is 12.1 Å². The van der Waals surface area contributed by atoms with Gasteiger partial charge in [0.05, 0.1) is 17.1 Å². The van der Waals surface area contributed by atoms with Gasteiger partial charge in [-0.3, -0.25) is 14.9 Å².